The molecule has 1 aromatic carbocycles. The highest BCUT2D eigenvalue weighted by molar-refractivity contribution is 14.1. The van der Waals surface area contributed by atoms with E-state index < -0.39 is 0 Å². The average Bonchev–Trinajstić information content (AvgIpc) is 2.68. The van der Waals surface area contributed by atoms with Gasteiger partial charge in [-0.1, -0.05) is 6.92 Å². The molecule has 5 nitrogen and oxygen atoms in total. The number of fused-ring (bicyclic) bond motifs is 1. The third kappa shape index (κ3) is 3.37. The minimum absolute atomic E-state index is 0.0496. The Morgan fingerprint density at radius 1 is 1.53 bits per heavy atom. The van der Waals surface area contributed by atoms with Crippen molar-refractivity contribution in [2.24, 2.45) is 0 Å². The number of rotatable bonds is 5. The lowest BCUT2D eigenvalue weighted by Crippen LogP contribution is -2.25. The van der Waals surface area contributed by atoms with Crippen LogP contribution in [0.5, 0.6) is 0 Å². The molecule has 2 rings (SSSR count). The first-order chi connectivity index (χ1) is 9.11. The van der Waals surface area contributed by atoms with Gasteiger partial charge in [0, 0.05) is 23.1 Å². The lowest BCUT2D eigenvalue weighted by Gasteiger charge is -2.07. The SMILES string of the molecule is CCCNC(=O)CCn1c(N)nc2cc(I)ccc21. The van der Waals surface area contributed by atoms with E-state index in [4.69, 9.17) is 5.73 Å². The van der Waals surface area contributed by atoms with Gasteiger partial charge >= 0.3 is 0 Å². The smallest absolute Gasteiger partial charge is 0.221 e. The van der Waals surface area contributed by atoms with Crippen molar-refractivity contribution < 1.29 is 4.79 Å². The lowest BCUT2D eigenvalue weighted by atomic mass is 10.3. The van der Waals surface area contributed by atoms with E-state index >= 15 is 0 Å². The lowest BCUT2D eigenvalue weighted by molar-refractivity contribution is -0.121. The molecule has 0 unspecified atom stereocenters. The number of aromatic nitrogens is 2. The summed E-state index contributed by atoms with van der Waals surface area (Å²) in [6.45, 7) is 3.30. The molecule has 0 radical (unpaired) electrons. The van der Waals surface area contributed by atoms with Gasteiger partial charge in [0.05, 0.1) is 11.0 Å². The van der Waals surface area contributed by atoms with Crippen LogP contribution < -0.4 is 11.1 Å². The summed E-state index contributed by atoms with van der Waals surface area (Å²) in [5.41, 5.74) is 7.75. The molecule has 0 aliphatic rings. The minimum Gasteiger partial charge on any atom is -0.369 e. The van der Waals surface area contributed by atoms with Crippen molar-refractivity contribution in [3.63, 3.8) is 0 Å². The summed E-state index contributed by atoms with van der Waals surface area (Å²) in [5.74, 6) is 0.508. The summed E-state index contributed by atoms with van der Waals surface area (Å²) in [6, 6.07) is 5.99. The average molecular weight is 372 g/mol. The first-order valence-electron chi connectivity index (χ1n) is 6.29. The highest BCUT2D eigenvalue weighted by Crippen LogP contribution is 2.20. The van der Waals surface area contributed by atoms with Gasteiger partial charge in [-0.2, -0.15) is 0 Å². The van der Waals surface area contributed by atoms with Crippen molar-refractivity contribution in [1.82, 2.24) is 14.9 Å². The first kappa shape index (κ1) is 14.1. The Bertz CT molecular complexity index is 594. The van der Waals surface area contributed by atoms with E-state index in [0.717, 1.165) is 27.6 Å². The zero-order valence-corrected chi connectivity index (χ0v) is 13.0. The third-order valence-corrected chi connectivity index (χ3v) is 3.55. The van der Waals surface area contributed by atoms with E-state index in [1.807, 2.05) is 29.7 Å². The number of hydrogen-bond acceptors (Lipinski definition) is 3. The fourth-order valence-corrected chi connectivity index (χ4v) is 2.40. The first-order valence-corrected chi connectivity index (χ1v) is 7.37. The molecule has 0 aliphatic carbocycles. The second-order valence-electron chi connectivity index (χ2n) is 4.35. The maximum Gasteiger partial charge on any atom is 0.221 e. The van der Waals surface area contributed by atoms with Gasteiger partial charge in [0.25, 0.3) is 0 Å². The summed E-state index contributed by atoms with van der Waals surface area (Å²) in [5, 5.41) is 2.86. The summed E-state index contributed by atoms with van der Waals surface area (Å²) in [7, 11) is 0. The molecule has 2 aromatic rings. The quantitative estimate of drug-likeness (QED) is 0.790. The van der Waals surface area contributed by atoms with Crippen LogP contribution in [0.25, 0.3) is 11.0 Å². The molecular formula is C13H17IN4O. The predicted molar refractivity (Wildman–Crippen MR) is 84.8 cm³/mol. The fourth-order valence-electron chi connectivity index (χ4n) is 1.92. The molecule has 0 fully saturated rings. The van der Waals surface area contributed by atoms with Crippen molar-refractivity contribution in [2.75, 3.05) is 12.3 Å². The third-order valence-electron chi connectivity index (χ3n) is 2.87. The Hall–Kier alpha value is -1.31. The second-order valence-corrected chi connectivity index (χ2v) is 5.60. The molecule has 0 saturated heterocycles. The van der Waals surface area contributed by atoms with Crippen LogP contribution in [0.1, 0.15) is 19.8 Å². The van der Waals surface area contributed by atoms with Crippen LogP contribution in [-0.2, 0) is 11.3 Å². The van der Waals surface area contributed by atoms with Crippen molar-refractivity contribution in [2.45, 2.75) is 26.3 Å². The minimum atomic E-state index is 0.0496. The Morgan fingerprint density at radius 2 is 2.32 bits per heavy atom. The molecule has 0 aliphatic heterocycles. The summed E-state index contributed by atoms with van der Waals surface area (Å²) >= 11 is 2.24. The molecule has 19 heavy (non-hydrogen) atoms. The van der Waals surface area contributed by atoms with Gasteiger partial charge in [-0.3, -0.25) is 4.79 Å². The Labute approximate surface area is 125 Å². The van der Waals surface area contributed by atoms with Crippen LogP contribution in [0.3, 0.4) is 0 Å². The van der Waals surface area contributed by atoms with Gasteiger partial charge in [0.1, 0.15) is 0 Å². The number of aryl methyl sites for hydroxylation is 1. The Kier molecular flexibility index (Phi) is 4.62. The molecule has 102 valence electrons. The van der Waals surface area contributed by atoms with E-state index in [1.165, 1.54) is 0 Å². The van der Waals surface area contributed by atoms with Crippen LogP contribution >= 0.6 is 22.6 Å². The van der Waals surface area contributed by atoms with Crippen LogP contribution in [0.15, 0.2) is 18.2 Å². The van der Waals surface area contributed by atoms with Crippen LogP contribution in [0, 0.1) is 3.57 Å². The molecule has 0 atom stereocenters. The van der Waals surface area contributed by atoms with Gasteiger partial charge in [0.15, 0.2) is 0 Å². The van der Waals surface area contributed by atoms with Crippen molar-refractivity contribution in [1.29, 1.82) is 0 Å². The van der Waals surface area contributed by atoms with Crippen molar-refractivity contribution in [3.05, 3.63) is 21.8 Å². The van der Waals surface area contributed by atoms with Gasteiger partial charge < -0.3 is 15.6 Å². The predicted octanol–water partition coefficient (Wildman–Crippen LogP) is 2.14. The van der Waals surface area contributed by atoms with E-state index in [-0.39, 0.29) is 5.91 Å². The molecule has 1 aromatic heterocycles. The maximum absolute atomic E-state index is 11.6. The largest absolute Gasteiger partial charge is 0.369 e. The number of carbonyl (C=O) groups is 1. The highest BCUT2D eigenvalue weighted by atomic mass is 127. The van der Waals surface area contributed by atoms with Crippen LogP contribution in [0.4, 0.5) is 5.95 Å². The molecule has 3 N–H and O–H groups in total. The van der Waals surface area contributed by atoms with E-state index in [1.54, 1.807) is 0 Å². The normalized spacial score (nSPS) is 10.8. The Balaban J connectivity index is 2.12. The molecule has 6 heteroatoms. The number of imidazole rings is 1. The molecule has 1 heterocycles. The van der Waals surface area contributed by atoms with Crippen LogP contribution in [-0.4, -0.2) is 22.0 Å². The number of nitrogens with zero attached hydrogens (tertiary/aromatic N) is 2. The molecular weight excluding hydrogens is 355 g/mol. The molecule has 0 spiro atoms. The van der Waals surface area contributed by atoms with Gasteiger partial charge in [-0.15, -0.1) is 0 Å². The van der Waals surface area contributed by atoms with Crippen LogP contribution in [0.2, 0.25) is 0 Å². The number of nitrogens with two attached hydrogens (primary N) is 1. The summed E-state index contributed by atoms with van der Waals surface area (Å²) in [4.78, 5) is 15.9. The number of hydrogen-bond donors (Lipinski definition) is 2. The van der Waals surface area contributed by atoms with Crippen molar-refractivity contribution >= 4 is 45.5 Å². The molecule has 1 amide bonds. The van der Waals surface area contributed by atoms with E-state index in [2.05, 4.69) is 32.9 Å². The van der Waals surface area contributed by atoms with Gasteiger partial charge in [-0.05, 0) is 47.2 Å². The summed E-state index contributed by atoms with van der Waals surface area (Å²) in [6.07, 6.45) is 1.36. The number of nitrogen functional groups attached to an aromatic ring is 1. The molecule has 0 bridgehead atoms. The number of amides is 1. The van der Waals surface area contributed by atoms with Crippen molar-refractivity contribution in [3.8, 4) is 0 Å². The van der Waals surface area contributed by atoms with E-state index in [0.29, 0.717) is 18.9 Å². The standard InChI is InChI=1S/C13H17IN4O/c1-2-6-16-12(19)5-7-18-11-4-3-9(14)8-10(11)17-13(18)15/h3-4,8H,2,5-7H2,1H3,(H2,15,17)(H,16,19). The molecule has 0 saturated carbocycles. The topological polar surface area (TPSA) is 72.9 Å². The van der Waals surface area contributed by atoms with Gasteiger partial charge in [0.2, 0.25) is 11.9 Å². The zero-order valence-electron chi connectivity index (χ0n) is 10.8. The monoisotopic (exact) mass is 372 g/mol. The zero-order chi connectivity index (χ0) is 13.8. The fraction of sp³-hybridized carbons (Fsp3) is 0.385. The number of halogens is 1. The Morgan fingerprint density at radius 3 is 3.05 bits per heavy atom. The second kappa shape index (κ2) is 6.23. The maximum atomic E-state index is 11.6. The number of nitrogens with one attached hydrogen (secondary N) is 1. The number of anilines is 1. The number of benzene rings is 1. The summed E-state index contributed by atoms with van der Waals surface area (Å²) < 4.78 is 3.01. The van der Waals surface area contributed by atoms with E-state index in [9.17, 15) is 4.79 Å². The highest BCUT2D eigenvalue weighted by Gasteiger charge is 2.09. The van der Waals surface area contributed by atoms with Gasteiger partial charge in [-0.25, -0.2) is 4.98 Å². The number of carbonyl (C=O) groups excluding carboxylic acids is 1.